The van der Waals surface area contributed by atoms with Gasteiger partial charge in [0.05, 0.1) is 5.69 Å². The molecule has 0 saturated heterocycles. The van der Waals surface area contributed by atoms with Gasteiger partial charge in [0.1, 0.15) is 5.65 Å². The number of anilines is 1. The van der Waals surface area contributed by atoms with E-state index in [-0.39, 0.29) is 17.8 Å². The van der Waals surface area contributed by atoms with Crippen LogP contribution in [-0.2, 0) is 16.1 Å². The number of carbonyl (C=O) groups is 2. The van der Waals surface area contributed by atoms with Crippen molar-refractivity contribution >= 4 is 28.8 Å². The fourth-order valence-electron chi connectivity index (χ4n) is 3.15. The minimum Gasteiger partial charge on any atom is -0.328 e. The Labute approximate surface area is 177 Å². The first-order valence-corrected chi connectivity index (χ1v) is 10.2. The SMILES string of the molecule is Cc1nc(N(C(=O)C(C)(C)C)C(=O)C(C)(C)C)nc2c1ccn2Cc1ccccc1. The quantitative estimate of drug-likeness (QED) is 0.630. The summed E-state index contributed by atoms with van der Waals surface area (Å²) in [5.41, 5.74) is 1.07. The highest BCUT2D eigenvalue weighted by molar-refractivity contribution is 6.17. The molecule has 0 unspecified atom stereocenters. The number of aromatic nitrogens is 3. The highest BCUT2D eigenvalue weighted by atomic mass is 16.2. The van der Waals surface area contributed by atoms with E-state index < -0.39 is 10.8 Å². The van der Waals surface area contributed by atoms with Gasteiger partial charge in [-0.1, -0.05) is 71.9 Å². The third-order valence-corrected chi connectivity index (χ3v) is 4.88. The number of carbonyl (C=O) groups excluding carboxylic acids is 2. The van der Waals surface area contributed by atoms with E-state index in [1.165, 1.54) is 0 Å². The molecule has 2 heterocycles. The van der Waals surface area contributed by atoms with Crippen LogP contribution in [0.15, 0.2) is 42.6 Å². The van der Waals surface area contributed by atoms with E-state index in [1.807, 2.05) is 42.0 Å². The monoisotopic (exact) mass is 406 g/mol. The van der Waals surface area contributed by atoms with Crippen LogP contribution in [0.5, 0.6) is 0 Å². The standard InChI is InChI=1S/C24H30N4O2/c1-16-18-13-14-27(15-17-11-9-8-10-12-17)19(18)26-22(25-16)28(20(29)23(2,3)4)21(30)24(5,6)7/h8-14H,15H2,1-7H3. The van der Waals surface area contributed by atoms with Crippen molar-refractivity contribution in [2.45, 2.75) is 55.0 Å². The number of rotatable bonds is 3. The summed E-state index contributed by atoms with van der Waals surface area (Å²) in [5.74, 6) is -0.502. The Morgan fingerprint density at radius 2 is 1.47 bits per heavy atom. The van der Waals surface area contributed by atoms with Crippen LogP contribution in [-0.4, -0.2) is 26.3 Å². The average Bonchev–Trinajstić information content (AvgIpc) is 3.04. The van der Waals surface area contributed by atoms with Gasteiger partial charge in [-0.25, -0.2) is 9.88 Å². The minimum absolute atomic E-state index is 0.132. The highest BCUT2D eigenvalue weighted by Crippen LogP contribution is 2.29. The van der Waals surface area contributed by atoms with Gasteiger partial charge < -0.3 is 4.57 Å². The van der Waals surface area contributed by atoms with E-state index in [0.717, 1.165) is 21.5 Å². The first-order chi connectivity index (χ1) is 13.9. The summed E-state index contributed by atoms with van der Waals surface area (Å²) >= 11 is 0. The molecule has 158 valence electrons. The van der Waals surface area contributed by atoms with Gasteiger partial charge in [0.25, 0.3) is 0 Å². The second-order valence-electron chi connectivity index (χ2n) is 9.72. The smallest absolute Gasteiger partial charge is 0.241 e. The Bertz CT molecular complexity index is 1060. The van der Waals surface area contributed by atoms with Crippen molar-refractivity contribution in [3.63, 3.8) is 0 Å². The molecular weight excluding hydrogens is 376 g/mol. The lowest BCUT2D eigenvalue weighted by molar-refractivity contribution is -0.134. The van der Waals surface area contributed by atoms with Crippen LogP contribution in [0.3, 0.4) is 0 Å². The molecule has 1 aromatic carbocycles. The van der Waals surface area contributed by atoms with E-state index in [2.05, 4.69) is 17.1 Å². The fraction of sp³-hybridized carbons (Fsp3) is 0.417. The van der Waals surface area contributed by atoms with Crippen molar-refractivity contribution in [3.8, 4) is 0 Å². The molecule has 30 heavy (non-hydrogen) atoms. The molecule has 6 heteroatoms. The van der Waals surface area contributed by atoms with Crippen molar-refractivity contribution < 1.29 is 9.59 Å². The van der Waals surface area contributed by atoms with Crippen LogP contribution in [0.4, 0.5) is 5.95 Å². The summed E-state index contributed by atoms with van der Waals surface area (Å²) in [5, 5.41) is 0.904. The molecule has 0 saturated carbocycles. The maximum absolute atomic E-state index is 13.2. The lowest BCUT2D eigenvalue weighted by atomic mass is 9.90. The summed E-state index contributed by atoms with van der Waals surface area (Å²) in [7, 11) is 0. The van der Waals surface area contributed by atoms with Gasteiger partial charge in [0, 0.05) is 29.0 Å². The number of aryl methyl sites for hydroxylation is 1. The molecular formula is C24H30N4O2. The molecule has 6 nitrogen and oxygen atoms in total. The number of fused-ring (bicyclic) bond motifs is 1. The Kier molecular flexibility index (Phi) is 5.54. The van der Waals surface area contributed by atoms with Crippen LogP contribution < -0.4 is 4.90 Å². The number of benzene rings is 1. The molecule has 0 bridgehead atoms. The second kappa shape index (κ2) is 7.67. The third kappa shape index (κ3) is 4.27. The predicted octanol–water partition coefficient (Wildman–Crippen LogP) is 4.74. The Morgan fingerprint density at radius 3 is 2.00 bits per heavy atom. The Morgan fingerprint density at radius 1 is 0.900 bits per heavy atom. The lowest BCUT2D eigenvalue weighted by Crippen LogP contribution is -2.49. The van der Waals surface area contributed by atoms with Crippen molar-refractivity contribution in [2.75, 3.05) is 4.90 Å². The molecule has 3 rings (SSSR count). The summed E-state index contributed by atoms with van der Waals surface area (Å²) in [4.78, 5) is 36.9. The molecule has 0 radical (unpaired) electrons. The van der Waals surface area contributed by atoms with Crippen LogP contribution >= 0.6 is 0 Å². The van der Waals surface area contributed by atoms with Gasteiger partial charge in [-0.2, -0.15) is 4.98 Å². The summed E-state index contributed by atoms with van der Waals surface area (Å²) in [6.07, 6.45) is 1.96. The molecule has 2 aromatic heterocycles. The largest absolute Gasteiger partial charge is 0.328 e. The topological polar surface area (TPSA) is 68.1 Å². The molecule has 0 aliphatic rings. The highest BCUT2D eigenvalue weighted by Gasteiger charge is 2.39. The normalized spacial score (nSPS) is 12.2. The van der Waals surface area contributed by atoms with Crippen molar-refractivity contribution in [1.29, 1.82) is 0 Å². The number of nitrogens with zero attached hydrogens (tertiary/aromatic N) is 4. The zero-order valence-electron chi connectivity index (χ0n) is 18.9. The molecule has 0 aliphatic heterocycles. The predicted molar refractivity (Wildman–Crippen MR) is 119 cm³/mol. The van der Waals surface area contributed by atoms with Crippen LogP contribution in [0.25, 0.3) is 11.0 Å². The van der Waals surface area contributed by atoms with Crippen molar-refractivity contribution in [2.24, 2.45) is 10.8 Å². The molecule has 0 aliphatic carbocycles. The average molecular weight is 407 g/mol. The number of hydrogen-bond acceptors (Lipinski definition) is 4. The van der Waals surface area contributed by atoms with Gasteiger partial charge in [0.2, 0.25) is 17.8 Å². The maximum atomic E-state index is 13.2. The number of hydrogen-bond donors (Lipinski definition) is 0. The second-order valence-corrected chi connectivity index (χ2v) is 9.72. The van der Waals surface area contributed by atoms with Crippen LogP contribution in [0.2, 0.25) is 0 Å². The minimum atomic E-state index is -0.751. The fourth-order valence-corrected chi connectivity index (χ4v) is 3.15. The van der Waals surface area contributed by atoms with Gasteiger partial charge in [-0.3, -0.25) is 9.59 Å². The van der Waals surface area contributed by atoms with E-state index >= 15 is 0 Å². The zero-order chi connectivity index (χ0) is 22.3. The molecule has 3 aromatic rings. The third-order valence-electron chi connectivity index (χ3n) is 4.88. The molecule has 2 amide bonds. The molecule has 0 fully saturated rings. The summed E-state index contributed by atoms with van der Waals surface area (Å²) in [6, 6.07) is 12.1. The van der Waals surface area contributed by atoms with Crippen LogP contribution in [0, 0.1) is 17.8 Å². The molecule has 0 N–H and O–H groups in total. The van der Waals surface area contributed by atoms with E-state index in [4.69, 9.17) is 4.98 Å². The number of amides is 2. The van der Waals surface area contributed by atoms with E-state index in [1.54, 1.807) is 41.5 Å². The van der Waals surface area contributed by atoms with Crippen LogP contribution in [0.1, 0.15) is 52.8 Å². The van der Waals surface area contributed by atoms with Crippen molar-refractivity contribution in [1.82, 2.24) is 14.5 Å². The summed E-state index contributed by atoms with van der Waals surface area (Å²) in [6.45, 7) is 13.3. The summed E-state index contributed by atoms with van der Waals surface area (Å²) < 4.78 is 2.02. The lowest BCUT2D eigenvalue weighted by Gasteiger charge is -2.31. The molecule has 0 atom stereocenters. The van der Waals surface area contributed by atoms with E-state index in [9.17, 15) is 9.59 Å². The van der Waals surface area contributed by atoms with E-state index in [0.29, 0.717) is 12.2 Å². The first-order valence-electron chi connectivity index (χ1n) is 10.2. The first kappa shape index (κ1) is 21.7. The Hall–Kier alpha value is -3.02. The Balaban J connectivity index is 2.15. The van der Waals surface area contributed by atoms with Gasteiger partial charge in [0.15, 0.2) is 0 Å². The van der Waals surface area contributed by atoms with Gasteiger partial charge in [-0.05, 0) is 18.6 Å². The van der Waals surface area contributed by atoms with Gasteiger partial charge >= 0.3 is 0 Å². The maximum Gasteiger partial charge on any atom is 0.241 e. The van der Waals surface area contributed by atoms with Crippen molar-refractivity contribution in [3.05, 3.63) is 53.9 Å². The zero-order valence-corrected chi connectivity index (χ0v) is 18.9. The van der Waals surface area contributed by atoms with Gasteiger partial charge in [-0.15, -0.1) is 0 Å². The molecule has 0 spiro atoms. The number of imide groups is 1.